The molecule has 114 valence electrons. The first-order chi connectivity index (χ1) is 9.97. The lowest BCUT2D eigenvalue weighted by atomic mass is 10.2. The van der Waals surface area contributed by atoms with Gasteiger partial charge >= 0.3 is 11.0 Å². The minimum absolute atomic E-state index is 0.0431. The number of rotatable bonds is 5. The fourth-order valence-electron chi connectivity index (χ4n) is 2.14. The van der Waals surface area contributed by atoms with Gasteiger partial charge in [-0.25, -0.2) is 0 Å². The predicted octanol–water partition coefficient (Wildman–Crippen LogP) is 0.889. The molecule has 0 atom stereocenters. The zero-order valence-corrected chi connectivity index (χ0v) is 12.0. The molecule has 1 aliphatic heterocycles. The van der Waals surface area contributed by atoms with Crippen LogP contribution in [0.15, 0.2) is 11.4 Å². The summed E-state index contributed by atoms with van der Waals surface area (Å²) in [5, 5.41) is 20.7. The van der Waals surface area contributed by atoms with Crippen LogP contribution >= 0.6 is 11.3 Å². The Hall–Kier alpha value is -2.00. The van der Waals surface area contributed by atoms with Gasteiger partial charge in [-0.2, -0.15) is 0 Å². The van der Waals surface area contributed by atoms with Gasteiger partial charge in [0.25, 0.3) is 5.91 Å². The predicted molar refractivity (Wildman–Crippen MR) is 75.6 cm³/mol. The van der Waals surface area contributed by atoms with Crippen molar-refractivity contribution in [2.24, 2.45) is 0 Å². The second-order valence-electron chi connectivity index (χ2n) is 4.71. The quantitative estimate of drug-likeness (QED) is 0.639. The molecule has 1 aliphatic rings. The SMILES string of the molecule is O=C(O)CCN1CCN(C(=O)c2csc([N+](=O)[O-])c2)CC1. The van der Waals surface area contributed by atoms with Crippen molar-refractivity contribution in [3.8, 4) is 0 Å². The first-order valence-electron chi connectivity index (χ1n) is 6.43. The minimum Gasteiger partial charge on any atom is -0.481 e. The number of aliphatic carboxylic acids is 1. The maximum Gasteiger partial charge on any atom is 0.324 e. The zero-order valence-electron chi connectivity index (χ0n) is 11.2. The van der Waals surface area contributed by atoms with Gasteiger partial charge in [-0.05, 0) is 0 Å². The Morgan fingerprint density at radius 1 is 1.33 bits per heavy atom. The smallest absolute Gasteiger partial charge is 0.324 e. The summed E-state index contributed by atoms with van der Waals surface area (Å²) in [6.45, 7) is 2.71. The van der Waals surface area contributed by atoms with Gasteiger partial charge in [0.05, 0.1) is 16.9 Å². The molecule has 0 unspecified atom stereocenters. The first kappa shape index (κ1) is 15.4. The summed E-state index contributed by atoms with van der Waals surface area (Å²) in [6, 6.07) is 1.30. The van der Waals surface area contributed by atoms with Crippen LogP contribution in [0, 0.1) is 10.1 Å². The van der Waals surface area contributed by atoms with Crippen molar-refractivity contribution in [3.05, 3.63) is 27.1 Å². The van der Waals surface area contributed by atoms with Gasteiger partial charge in [0.15, 0.2) is 0 Å². The highest BCUT2D eigenvalue weighted by Crippen LogP contribution is 2.23. The number of hydrogen-bond acceptors (Lipinski definition) is 6. The van der Waals surface area contributed by atoms with Crippen molar-refractivity contribution in [3.63, 3.8) is 0 Å². The normalized spacial score (nSPS) is 15.9. The molecule has 1 saturated heterocycles. The Labute approximate surface area is 124 Å². The number of piperazine rings is 1. The zero-order chi connectivity index (χ0) is 15.4. The Morgan fingerprint density at radius 3 is 2.52 bits per heavy atom. The van der Waals surface area contributed by atoms with Crippen LogP contribution in [0.2, 0.25) is 0 Å². The summed E-state index contributed by atoms with van der Waals surface area (Å²) < 4.78 is 0. The van der Waals surface area contributed by atoms with E-state index in [0.29, 0.717) is 38.3 Å². The topological polar surface area (TPSA) is 104 Å². The van der Waals surface area contributed by atoms with Gasteiger partial charge in [0, 0.05) is 44.2 Å². The second-order valence-corrected chi connectivity index (χ2v) is 5.60. The Balaban J connectivity index is 1.87. The second kappa shape index (κ2) is 6.64. The van der Waals surface area contributed by atoms with E-state index in [1.54, 1.807) is 4.90 Å². The van der Waals surface area contributed by atoms with Crippen LogP contribution in [0.25, 0.3) is 0 Å². The number of hydrogen-bond donors (Lipinski definition) is 1. The van der Waals surface area contributed by atoms with E-state index in [4.69, 9.17) is 5.11 Å². The van der Waals surface area contributed by atoms with Crippen LogP contribution in [-0.4, -0.2) is 64.4 Å². The average Bonchev–Trinajstić information content (AvgIpc) is 2.95. The maximum absolute atomic E-state index is 12.2. The van der Waals surface area contributed by atoms with Crippen molar-refractivity contribution in [2.45, 2.75) is 6.42 Å². The van der Waals surface area contributed by atoms with E-state index in [-0.39, 0.29) is 17.3 Å². The van der Waals surface area contributed by atoms with Gasteiger partial charge in [0.1, 0.15) is 0 Å². The molecule has 0 radical (unpaired) electrons. The number of carboxylic acids is 1. The number of carbonyl (C=O) groups excluding carboxylic acids is 1. The van der Waals surface area contributed by atoms with Crippen molar-refractivity contribution in [1.82, 2.24) is 9.80 Å². The monoisotopic (exact) mass is 313 g/mol. The molecule has 9 heteroatoms. The van der Waals surface area contributed by atoms with Crippen LogP contribution in [-0.2, 0) is 4.79 Å². The van der Waals surface area contributed by atoms with Gasteiger partial charge in [0.2, 0.25) is 0 Å². The third-order valence-electron chi connectivity index (χ3n) is 3.31. The molecule has 0 aromatic carbocycles. The number of nitrogens with zero attached hydrogens (tertiary/aromatic N) is 3. The van der Waals surface area contributed by atoms with E-state index in [1.165, 1.54) is 11.4 Å². The van der Waals surface area contributed by atoms with Crippen LogP contribution in [0.1, 0.15) is 16.8 Å². The number of nitro groups is 1. The van der Waals surface area contributed by atoms with Crippen LogP contribution in [0.4, 0.5) is 5.00 Å². The molecule has 0 bridgehead atoms. The molecule has 2 heterocycles. The molecule has 1 aromatic heterocycles. The molecule has 1 amide bonds. The maximum atomic E-state index is 12.2. The standard InChI is InChI=1S/C12H15N3O5S/c16-11(17)1-2-13-3-5-14(6-4-13)12(18)9-7-10(15(19)20)21-8-9/h7-8H,1-6H2,(H,16,17). The molecule has 2 rings (SSSR count). The third kappa shape index (κ3) is 3.99. The Bertz CT molecular complexity index is 551. The van der Waals surface area contributed by atoms with Crippen molar-refractivity contribution in [2.75, 3.05) is 32.7 Å². The van der Waals surface area contributed by atoms with Gasteiger partial charge in [-0.3, -0.25) is 24.6 Å². The minimum atomic E-state index is -0.834. The molecule has 1 aromatic rings. The van der Waals surface area contributed by atoms with E-state index < -0.39 is 10.9 Å². The van der Waals surface area contributed by atoms with E-state index in [2.05, 4.69) is 0 Å². The number of amides is 1. The Morgan fingerprint density at radius 2 is 2.00 bits per heavy atom. The molecule has 21 heavy (non-hydrogen) atoms. The molecular weight excluding hydrogens is 298 g/mol. The summed E-state index contributed by atoms with van der Waals surface area (Å²) in [6.07, 6.45) is 0.0880. The molecule has 0 aliphatic carbocycles. The van der Waals surface area contributed by atoms with Crippen molar-refractivity contribution < 1.29 is 19.6 Å². The average molecular weight is 313 g/mol. The molecule has 8 nitrogen and oxygen atoms in total. The number of carboxylic acid groups (broad SMARTS) is 1. The van der Waals surface area contributed by atoms with E-state index in [9.17, 15) is 19.7 Å². The van der Waals surface area contributed by atoms with Crippen LogP contribution < -0.4 is 0 Å². The highest BCUT2D eigenvalue weighted by atomic mass is 32.1. The summed E-state index contributed by atoms with van der Waals surface area (Å²) in [5.41, 5.74) is 0.339. The lowest BCUT2D eigenvalue weighted by Crippen LogP contribution is -2.49. The highest BCUT2D eigenvalue weighted by Gasteiger charge is 2.24. The van der Waals surface area contributed by atoms with Gasteiger partial charge < -0.3 is 10.0 Å². The summed E-state index contributed by atoms with van der Waals surface area (Å²) in [7, 11) is 0. The molecular formula is C12H15N3O5S. The van der Waals surface area contributed by atoms with Gasteiger partial charge in [-0.1, -0.05) is 11.3 Å². The fraction of sp³-hybridized carbons (Fsp3) is 0.500. The molecule has 0 saturated carbocycles. The molecule has 1 fully saturated rings. The first-order valence-corrected chi connectivity index (χ1v) is 7.31. The van der Waals surface area contributed by atoms with E-state index >= 15 is 0 Å². The summed E-state index contributed by atoms with van der Waals surface area (Å²) in [5.74, 6) is -1.05. The summed E-state index contributed by atoms with van der Waals surface area (Å²) >= 11 is 0.940. The lowest BCUT2D eigenvalue weighted by Gasteiger charge is -2.34. The van der Waals surface area contributed by atoms with Crippen molar-refractivity contribution >= 4 is 28.2 Å². The van der Waals surface area contributed by atoms with Crippen LogP contribution in [0.3, 0.4) is 0 Å². The van der Waals surface area contributed by atoms with Crippen molar-refractivity contribution in [1.29, 1.82) is 0 Å². The third-order valence-corrected chi connectivity index (χ3v) is 4.19. The van der Waals surface area contributed by atoms with Gasteiger partial charge in [-0.15, -0.1) is 0 Å². The summed E-state index contributed by atoms with van der Waals surface area (Å²) in [4.78, 5) is 36.5. The van der Waals surface area contributed by atoms with E-state index in [0.717, 1.165) is 11.3 Å². The lowest BCUT2D eigenvalue weighted by molar-refractivity contribution is -0.380. The van der Waals surface area contributed by atoms with E-state index in [1.807, 2.05) is 4.90 Å². The fourth-order valence-corrected chi connectivity index (χ4v) is 2.84. The Kier molecular flexibility index (Phi) is 4.86. The largest absolute Gasteiger partial charge is 0.481 e. The number of thiophene rings is 1. The number of carbonyl (C=O) groups is 2. The molecule has 1 N–H and O–H groups in total. The highest BCUT2D eigenvalue weighted by molar-refractivity contribution is 7.13. The molecule has 0 spiro atoms. The van der Waals surface area contributed by atoms with Crippen LogP contribution in [0.5, 0.6) is 0 Å².